The second kappa shape index (κ2) is 9.27. The van der Waals surface area contributed by atoms with Crippen molar-refractivity contribution in [1.29, 1.82) is 0 Å². The Bertz CT molecular complexity index is 1190. The van der Waals surface area contributed by atoms with E-state index in [0.717, 1.165) is 51.4 Å². The molecule has 0 spiro atoms. The van der Waals surface area contributed by atoms with Crippen molar-refractivity contribution < 1.29 is 4.79 Å². The van der Waals surface area contributed by atoms with Crippen molar-refractivity contribution in [3.05, 3.63) is 76.7 Å². The highest BCUT2D eigenvalue weighted by atomic mass is 32.1. The number of aromatic nitrogens is 2. The molecule has 158 valence electrons. The van der Waals surface area contributed by atoms with Crippen molar-refractivity contribution in [2.75, 3.05) is 25.0 Å². The first kappa shape index (κ1) is 21.0. The van der Waals surface area contributed by atoms with E-state index in [1.807, 2.05) is 30.6 Å². The molecule has 0 radical (unpaired) electrons. The monoisotopic (exact) mass is 430 g/mol. The summed E-state index contributed by atoms with van der Waals surface area (Å²) in [6, 6.07) is 18.5. The van der Waals surface area contributed by atoms with Crippen LogP contribution in [0, 0.1) is 0 Å². The second-order valence-electron chi connectivity index (χ2n) is 7.44. The molecule has 0 atom stereocenters. The average molecular weight is 431 g/mol. The van der Waals surface area contributed by atoms with Gasteiger partial charge in [0.15, 0.2) is 0 Å². The van der Waals surface area contributed by atoms with Crippen molar-refractivity contribution in [1.82, 2.24) is 14.9 Å². The number of rotatable bonds is 7. The minimum absolute atomic E-state index is 0.0483. The van der Waals surface area contributed by atoms with Crippen LogP contribution in [0.25, 0.3) is 22.0 Å². The third kappa shape index (κ3) is 4.44. The molecule has 2 aromatic heterocycles. The molecule has 6 heteroatoms. The smallest absolute Gasteiger partial charge is 0.263 e. The summed E-state index contributed by atoms with van der Waals surface area (Å²) in [4.78, 5) is 26.4. The van der Waals surface area contributed by atoms with Gasteiger partial charge in [-0.1, -0.05) is 30.3 Å². The van der Waals surface area contributed by atoms with E-state index in [9.17, 15) is 4.79 Å². The van der Waals surface area contributed by atoms with E-state index in [2.05, 4.69) is 65.1 Å². The van der Waals surface area contributed by atoms with Crippen LogP contribution in [0.3, 0.4) is 0 Å². The maximum Gasteiger partial charge on any atom is 0.263 e. The van der Waals surface area contributed by atoms with E-state index in [1.165, 1.54) is 11.3 Å². The van der Waals surface area contributed by atoms with Crippen molar-refractivity contribution in [3.63, 3.8) is 0 Å². The fourth-order valence-electron chi connectivity index (χ4n) is 3.78. The number of amides is 1. The van der Waals surface area contributed by atoms with Crippen LogP contribution in [0.2, 0.25) is 0 Å². The van der Waals surface area contributed by atoms with Gasteiger partial charge in [-0.05, 0) is 60.2 Å². The third-order valence-corrected chi connectivity index (χ3v) is 6.29. The molecular formula is C25H26N4OS. The fourth-order valence-corrected chi connectivity index (χ4v) is 4.50. The van der Waals surface area contributed by atoms with E-state index in [-0.39, 0.29) is 5.91 Å². The quantitative estimate of drug-likeness (QED) is 0.390. The van der Waals surface area contributed by atoms with E-state index < -0.39 is 0 Å². The first-order valence-electron chi connectivity index (χ1n) is 10.5. The molecule has 4 rings (SSSR count). The summed E-state index contributed by atoms with van der Waals surface area (Å²) in [7, 11) is 1.85. The van der Waals surface area contributed by atoms with Crippen LogP contribution in [0.4, 0.5) is 5.82 Å². The van der Waals surface area contributed by atoms with Crippen molar-refractivity contribution >= 4 is 34.0 Å². The molecule has 0 aliphatic heterocycles. The molecule has 0 N–H and O–H groups in total. The van der Waals surface area contributed by atoms with Crippen LogP contribution in [0.5, 0.6) is 0 Å². The molecule has 2 heterocycles. The average Bonchev–Trinajstić information content (AvgIpc) is 3.34. The largest absolute Gasteiger partial charge is 0.357 e. The van der Waals surface area contributed by atoms with Gasteiger partial charge < -0.3 is 9.80 Å². The molecule has 31 heavy (non-hydrogen) atoms. The Hall–Kier alpha value is -3.25. The van der Waals surface area contributed by atoms with Gasteiger partial charge in [-0.2, -0.15) is 0 Å². The van der Waals surface area contributed by atoms with E-state index in [1.54, 1.807) is 11.2 Å². The van der Waals surface area contributed by atoms with Crippen LogP contribution >= 0.6 is 11.3 Å². The second-order valence-corrected chi connectivity index (χ2v) is 8.39. The Morgan fingerprint density at radius 3 is 2.52 bits per heavy atom. The molecule has 0 saturated carbocycles. The Balaban J connectivity index is 1.64. The van der Waals surface area contributed by atoms with Gasteiger partial charge in [0.25, 0.3) is 5.91 Å². The Labute approximate surface area is 187 Å². The zero-order valence-electron chi connectivity index (χ0n) is 18.1. The standard InChI is InChI=1S/C25H26N4OS/c1-4-29(5-2)24-21-15-20(11-12-22(21)26-17-27-24)19-9-6-8-18(14-19)16-28(3)25(30)23-10-7-13-31-23/h6-15,17H,4-5,16H2,1-3H3. The first-order valence-corrected chi connectivity index (χ1v) is 11.4. The van der Waals surface area contributed by atoms with Gasteiger partial charge in [-0.25, -0.2) is 9.97 Å². The fraction of sp³-hybridized carbons (Fsp3) is 0.240. The number of thiophene rings is 1. The van der Waals surface area contributed by atoms with Crippen molar-refractivity contribution in [3.8, 4) is 11.1 Å². The van der Waals surface area contributed by atoms with Crippen molar-refractivity contribution in [2.24, 2.45) is 0 Å². The van der Waals surface area contributed by atoms with Gasteiger partial charge in [-0.15, -0.1) is 11.3 Å². The topological polar surface area (TPSA) is 49.3 Å². The number of hydrogen-bond donors (Lipinski definition) is 0. The van der Waals surface area contributed by atoms with E-state index in [0.29, 0.717) is 6.54 Å². The Morgan fingerprint density at radius 2 is 1.77 bits per heavy atom. The minimum Gasteiger partial charge on any atom is -0.357 e. The lowest BCUT2D eigenvalue weighted by molar-refractivity contribution is 0.0790. The number of anilines is 1. The minimum atomic E-state index is 0.0483. The summed E-state index contributed by atoms with van der Waals surface area (Å²) in [5, 5.41) is 2.98. The highest BCUT2D eigenvalue weighted by Gasteiger charge is 2.14. The first-order chi connectivity index (χ1) is 15.1. The maximum absolute atomic E-state index is 12.6. The van der Waals surface area contributed by atoms with E-state index in [4.69, 9.17) is 0 Å². The van der Waals surface area contributed by atoms with Gasteiger partial charge in [0.05, 0.1) is 10.4 Å². The molecule has 0 aliphatic carbocycles. The molecular weight excluding hydrogens is 404 g/mol. The molecule has 0 fully saturated rings. The van der Waals surface area contributed by atoms with E-state index >= 15 is 0 Å². The third-order valence-electron chi connectivity index (χ3n) is 5.44. The number of benzene rings is 2. The Kier molecular flexibility index (Phi) is 6.28. The zero-order valence-corrected chi connectivity index (χ0v) is 18.9. The normalized spacial score (nSPS) is 10.9. The number of carbonyl (C=O) groups is 1. The number of hydrogen-bond acceptors (Lipinski definition) is 5. The molecule has 0 aliphatic rings. The van der Waals surface area contributed by atoms with Crippen LogP contribution < -0.4 is 4.90 Å². The summed E-state index contributed by atoms with van der Waals surface area (Å²) in [6.45, 7) is 6.63. The molecule has 1 amide bonds. The predicted molar refractivity (Wildman–Crippen MR) is 129 cm³/mol. The van der Waals surface area contributed by atoms with Gasteiger partial charge in [0.2, 0.25) is 0 Å². The van der Waals surface area contributed by atoms with Crippen LogP contribution in [0.15, 0.2) is 66.3 Å². The molecule has 0 bridgehead atoms. The Morgan fingerprint density at radius 1 is 0.968 bits per heavy atom. The summed E-state index contributed by atoms with van der Waals surface area (Å²) >= 11 is 1.47. The molecule has 4 aromatic rings. The van der Waals surface area contributed by atoms with Gasteiger partial charge >= 0.3 is 0 Å². The predicted octanol–water partition coefficient (Wildman–Crippen LogP) is 5.48. The number of carbonyl (C=O) groups excluding carboxylic acids is 1. The lowest BCUT2D eigenvalue weighted by Gasteiger charge is -2.21. The summed E-state index contributed by atoms with van der Waals surface area (Å²) in [5.41, 5.74) is 4.27. The van der Waals surface area contributed by atoms with Crippen LogP contribution in [-0.2, 0) is 6.54 Å². The highest BCUT2D eigenvalue weighted by molar-refractivity contribution is 7.12. The molecule has 2 aromatic carbocycles. The summed E-state index contributed by atoms with van der Waals surface area (Å²) in [5.74, 6) is 1.02. The van der Waals surface area contributed by atoms with Crippen LogP contribution in [0.1, 0.15) is 29.1 Å². The maximum atomic E-state index is 12.6. The summed E-state index contributed by atoms with van der Waals surface area (Å²) < 4.78 is 0. The molecule has 0 unspecified atom stereocenters. The van der Waals surface area contributed by atoms with Crippen LogP contribution in [-0.4, -0.2) is 40.9 Å². The molecule has 5 nitrogen and oxygen atoms in total. The summed E-state index contributed by atoms with van der Waals surface area (Å²) in [6.07, 6.45) is 1.64. The van der Waals surface area contributed by atoms with Gasteiger partial charge in [0, 0.05) is 32.1 Å². The number of nitrogens with zero attached hydrogens (tertiary/aromatic N) is 4. The zero-order chi connectivity index (χ0) is 21.8. The van der Waals surface area contributed by atoms with Gasteiger partial charge in [0.1, 0.15) is 12.1 Å². The lowest BCUT2D eigenvalue weighted by Crippen LogP contribution is -2.25. The number of fused-ring (bicyclic) bond motifs is 1. The van der Waals surface area contributed by atoms with Crippen molar-refractivity contribution in [2.45, 2.75) is 20.4 Å². The van der Waals surface area contributed by atoms with Gasteiger partial charge in [-0.3, -0.25) is 4.79 Å². The SMILES string of the molecule is CCN(CC)c1ncnc2ccc(-c3cccc(CN(C)C(=O)c4cccs4)c3)cc12. The highest BCUT2D eigenvalue weighted by Crippen LogP contribution is 2.29. The molecule has 0 saturated heterocycles. The lowest BCUT2D eigenvalue weighted by atomic mass is 10.0.